The molecule has 5 nitrogen and oxygen atoms in total. The molecule has 0 unspecified atom stereocenters. The van der Waals surface area contributed by atoms with E-state index < -0.39 is 0 Å². The fraction of sp³-hybridized carbons (Fsp3) is 0.600. The molecule has 1 rings (SSSR count). The lowest BCUT2D eigenvalue weighted by Crippen LogP contribution is -2.34. The molecule has 0 aliphatic rings. The van der Waals surface area contributed by atoms with E-state index in [1.165, 1.54) is 0 Å². The third kappa shape index (κ3) is 3.35. The summed E-state index contributed by atoms with van der Waals surface area (Å²) in [6, 6.07) is 3.79. The summed E-state index contributed by atoms with van der Waals surface area (Å²) in [6.45, 7) is 6.57. The van der Waals surface area contributed by atoms with Crippen LogP contribution in [0.4, 0.5) is 0 Å². The zero-order valence-corrected chi connectivity index (χ0v) is 13.1. The van der Waals surface area contributed by atoms with Crippen molar-refractivity contribution in [1.82, 2.24) is 4.90 Å². The third-order valence-corrected chi connectivity index (χ3v) is 3.56. The van der Waals surface area contributed by atoms with Crippen LogP contribution in [0.5, 0.6) is 17.2 Å². The Labute approximate surface area is 121 Å². The Morgan fingerprint density at radius 2 is 1.50 bits per heavy atom. The summed E-state index contributed by atoms with van der Waals surface area (Å²) in [6.07, 6.45) is 0. The first-order valence-electron chi connectivity index (χ1n) is 6.90. The predicted octanol–water partition coefficient (Wildman–Crippen LogP) is 2.05. The van der Waals surface area contributed by atoms with Gasteiger partial charge in [-0.25, -0.2) is 0 Å². The highest BCUT2D eigenvalue weighted by Gasteiger charge is 2.25. The van der Waals surface area contributed by atoms with Gasteiger partial charge in [0.1, 0.15) is 17.2 Å². The van der Waals surface area contributed by atoms with Gasteiger partial charge in [-0.05, 0) is 13.1 Å². The van der Waals surface area contributed by atoms with Crippen molar-refractivity contribution in [2.24, 2.45) is 5.73 Å². The second-order valence-corrected chi connectivity index (χ2v) is 4.42. The fourth-order valence-electron chi connectivity index (χ4n) is 2.47. The lowest BCUT2D eigenvalue weighted by Gasteiger charge is -2.31. The predicted molar refractivity (Wildman–Crippen MR) is 80.8 cm³/mol. The van der Waals surface area contributed by atoms with E-state index in [1.807, 2.05) is 12.1 Å². The summed E-state index contributed by atoms with van der Waals surface area (Å²) in [5.41, 5.74) is 6.96. The monoisotopic (exact) mass is 282 g/mol. The molecule has 0 heterocycles. The molecule has 1 aromatic rings. The van der Waals surface area contributed by atoms with Gasteiger partial charge in [0.2, 0.25) is 0 Å². The van der Waals surface area contributed by atoms with Gasteiger partial charge >= 0.3 is 0 Å². The van der Waals surface area contributed by atoms with Crippen LogP contribution in [0.2, 0.25) is 0 Å². The van der Waals surface area contributed by atoms with Crippen molar-refractivity contribution in [1.29, 1.82) is 0 Å². The molecule has 0 saturated heterocycles. The van der Waals surface area contributed by atoms with Crippen molar-refractivity contribution in [2.45, 2.75) is 19.9 Å². The molecule has 0 bridgehead atoms. The summed E-state index contributed by atoms with van der Waals surface area (Å²) in [5, 5.41) is 0. The normalized spacial score (nSPS) is 12.3. The van der Waals surface area contributed by atoms with E-state index in [4.69, 9.17) is 19.9 Å². The lowest BCUT2D eigenvalue weighted by atomic mass is 10.0. The van der Waals surface area contributed by atoms with E-state index >= 15 is 0 Å². The molecule has 0 fully saturated rings. The third-order valence-electron chi connectivity index (χ3n) is 3.56. The zero-order valence-electron chi connectivity index (χ0n) is 13.1. The highest BCUT2D eigenvalue weighted by molar-refractivity contribution is 5.52. The molecule has 20 heavy (non-hydrogen) atoms. The van der Waals surface area contributed by atoms with E-state index in [9.17, 15) is 0 Å². The van der Waals surface area contributed by atoms with Gasteiger partial charge in [-0.3, -0.25) is 4.90 Å². The van der Waals surface area contributed by atoms with Crippen LogP contribution in [0.3, 0.4) is 0 Å². The quantitative estimate of drug-likeness (QED) is 0.791. The van der Waals surface area contributed by atoms with Crippen molar-refractivity contribution >= 4 is 0 Å². The number of hydrogen-bond donors (Lipinski definition) is 1. The van der Waals surface area contributed by atoms with Crippen LogP contribution in [0.15, 0.2) is 12.1 Å². The van der Waals surface area contributed by atoms with Gasteiger partial charge in [-0.2, -0.15) is 0 Å². The van der Waals surface area contributed by atoms with Crippen LogP contribution in [-0.2, 0) is 0 Å². The highest BCUT2D eigenvalue weighted by Crippen LogP contribution is 2.40. The second kappa shape index (κ2) is 7.97. The summed E-state index contributed by atoms with van der Waals surface area (Å²) in [5.74, 6) is 2.19. The van der Waals surface area contributed by atoms with E-state index in [1.54, 1.807) is 21.3 Å². The Bertz CT molecular complexity index is 395. The molecule has 114 valence electrons. The fourth-order valence-corrected chi connectivity index (χ4v) is 2.47. The Balaban J connectivity index is 3.38. The second-order valence-electron chi connectivity index (χ2n) is 4.42. The van der Waals surface area contributed by atoms with Gasteiger partial charge in [0.15, 0.2) is 0 Å². The van der Waals surface area contributed by atoms with E-state index in [0.717, 1.165) is 30.2 Å². The molecule has 0 spiro atoms. The Hall–Kier alpha value is -1.46. The van der Waals surface area contributed by atoms with Gasteiger partial charge < -0.3 is 19.9 Å². The molecule has 0 radical (unpaired) electrons. The average molecular weight is 282 g/mol. The number of benzene rings is 1. The number of nitrogens with two attached hydrogens (primary N) is 1. The molecule has 5 heteroatoms. The van der Waals surface area contributed by atoms with Gasteiger partial charge in [0.25, 0.3) is 0 Å². The zero-order chi connectivity index (χ0) is 15.1. The maximum absolute atomic E-state index is 5.99. The van der Waals surface area contributed by atoms with Crippen LogP contribution < -0.4 is 19.9 Å². The first-order chi connectivity index (χ1) is 9.66. The number of ether oxygens (including phenoxy) is 3. The van der Waals surface area contributed by atoms with Crippen LogP contribution in [0.25, 0.3) is 0 Å². The van der Waals surface area contributed by atoms with Gasteiger partial charge in [-0.15, -0.1) is 0 Å². The topological polar surface area (TPSA) is 57.0 Å². The molecule has 0 aromatic heterocycles. The van der Waals surface area contributed by atoms with Crippen LogP contribution in [0, 0.1) is 0 Å². The Morgan fingerprint density at radius 3 is 1.80 bits per heavy atom. The minimum atomic E-state index is 0.0563. The van der Waals surface area contributed by atoms with Crippen molar-refractivity contribution < 1.29 is 14.2 Å². The number of hydrogen-bond acceptors (Lipinski definition) is 5. The minimum absolute atomic E-state index is 0.0563. The Morgan fingerprint density at radius 1 is 1.00 bits per heavy atom. The summed E-state index contributed by atoms with van der Waals surface area (Å²) in [7, 11) is 4.92. The highest BCUT2D eigenvalue weighted by atomic mass is 16.5. The van der Waals surface area contributed by atoms with E-state index in [0.29, 0.717) is 12.3 Å². The Kier molecular flexibility index (Phi) is 6.61. The summed E-state index contributed by atoms with van der Waals surface area (Å²) in [4.78, 5) is 2.28. The molecule has 0 aliphatic carbocycles. The van der Waals surface area contributed by atoms with Gasteiger partial charge in [0, 0.05) is 18.7 Å². The molecule has 0 amide bonds. The summed E-state index contributed by atoms with van der Waals surface area (Å²) >= 11 is 0. The maximum atomic E-state index is 5.99. The molecule has 1 atom stereocenters. The smallest absolute Gasteiger partial charge is 0.131 e. The lowest BCUT2D eigenvalue weighted by molar-refractivity contribution is 0.214. The molecule has 1 aromatic carbocycles. The molecule has 0 saturated carbocycles. The van der Waals surface area contributed by atoms with Crippen molar-refractivity contribution in [3.8, 4) is 17.2 Å². The van der Waals surface area contributed by atoms with Crippen LogP contribution in [0.1, 0.15) is 25.5 Å². The van der Waals surface area contributed by atoms with Crippen molar-refractivity contribution in [3.05, 3.63) is 17.7 Å². The van der Waals surface area contributed by atoms with E-state index in [-0.39, 0.29) is 6.04 Å². The van der Waals surface area contributed by atoms with Crippen LogP contribution >= 0.6 is 0 Å². The first-order valence-corrected chi connectivity index (χ1v) is 6.90. The molecular weight excluding hydrogens is 256 g/mol. The average Bonchev–Trinajstić information content (AvgIpc) is 2.51. The number of likely N-dealkylation sites (N-methyl/N-ethyl adjacent to an activating group) is 1. The maximum Gasteiger partial charge on any atom is 0.131 e. The van der Waals surface area contributed by atoms with Crippen molar-refractivity contribution in [3.63, 3.8) is 0 Å². The number of rotatable bonds is 8. The number of nitrogens with zero attached hydrogens (tertiary/aromatic N) is 1. The first kappa shape index (κ1) is 16.6. The van der Waals surface area contributed by atoms with E-state index in [2.05, 4.69) is 18.7 Å². The number of methoxy groups -OCH3 is 3. The van der Waals surface area contributed by atoms with Gasteiger partial charge in [-0.1, -0.05) is 13.8 Å². The van der Waals surface area contributed by atoms with Crippen LogP contribution in [-0.4, -0.2) is 45.9 Å². The largest absolute Gasteiger partial charge is 0.496 e. The molecule has 2 N–H and O–H groups in total. The minimum Gasteiger partial charge on any atom is -0.496 e. The SMILES string of the molecule is CCN(CC)[C@H](CN)c1c(OC)cc(OC)cc1OC. The standard InChI is InChI=1S/C15H26N2O3/c1-6-17(7-2)12(10-16)15-13(19-4)8-11(18-3)9-14(15)20-5/h8-9,12H,6-7,10,16H2,1-5H3/t12-/m1/s1. The van der Waals surface area contributed by atoms with Crippen molar-refractivity contribution in [2.75, 3.05) is 41.0 Å². The molecule has 0 aliphatic heterocycles. The summed E-state index contributed by atoms with van der Waals surface area (Å²) < 4.78 is 16.3. The molecular formula is C15H26N2O3. The van der Waals surface area contributed by atoms with Gasteiger partial charge in [0.05, 0.1) is 32.9 Å².